The first-order valence-electron chi connectivity index (χ1n) is 10.3. The summed E-state index contributed by atoms with van der Waals surface area (Å²) in [5.74, 6) is 0. The van der Waals surface area contributed by atoms with Crippen LogP contribution in [0.5, 0.6) is 0 Å². The van der Waals surface area contributed by atoms with Crippen LogP contribution >= 0.6 is 22.7 Å². The summed E-state index contributed by atoms with van der Waals surface area (Å²) in [6.45, 7) is 11.8. The average Bonchev–Trinajstić information content (AvgIpc) is 3.34. The summed E-state index contributed by atoms with van der Waals surface area (Å²) in [5.41, 5.74) is 0. The maximum absolute atomic E-state index is 3.52. The highest BCUT2D eigenvalue weighted by molar-refractivity contribution is 7.12. The summed E-state index contributed by atoms with van der Waals surface area (Å²) in [6.07, 6.45) is 0. The summed E-state index contributed by atoms with van der Waals surface area (Å²) in [6, 6.07) is 8.97. The van der Waals surface area contributed by atoms with Crippen LogP contribution in [0.2, 0.25) is 0 Å². The zero-order chi connectivity index (χ0) is 19.3. The smallest absolute Gasteiger partial charge is 0.0300 e. The molecule has 0 amide bonds. The maximum Gasteiger partial charge on any atom is 0.0300 e. The van der Waals surface area contributed by atoms with Gasteiger partial charge in [0.1, 0.15) is 0 Å². The van der Waals surface area contributed by atoms with Crippen LogP contribution in [-0.2, 0) is 26.2 Å². The van der Waals surface area contributed by atoms with Gasteiger partial charge in [0.25, 0.3) is 0 Å². The number of hydrogen-bond donors (Lipinski definition) is 6. The van der Waals surface area contributed by atoms with Gasteiger partial charge in [-0.3, -0.25) is 0 Å². The number of nitrogens with one attached hydrogen (secondary N) is 6. The van der Waals surface area contributed by atoms with Gasteiger partial charge in [-0.05, 0) is 24.3 Å². The Hall–Kier alpha value is -0.840. The van der Waals surface area contributed by atoms with Gasteiger partial charge in [-0.25, -0.2) is 0 Å². The molecular formula is C20H34N6S2. The van der Waals surface area contributed by atoms with Crippen molar-refractivity contribution in [3.63, 3.8) is 0 Å². The van der Waals surface area contributed by atoms with E-state index in [2.05, 4.69) is 56.2 Å². The minimum absolute atomic E-state index is 0.958. The van der Waals surface area contributed by atoms with Crippen molar-refractivity contribution in [3.05, 3.63) is 43.8 Å². The fourth-order valence-corrected chi connectivity index (χ4v) is 4.94. The van der Waals surface area contributed by atoms with Crippen LogP contribution in [0, 0.1) is 0 Å². The molecule has 28 heavy (non-hydrogen) atoms. The summed E-state index contributed by atoms with van der Waals surface area (Å²) < 4.78 is 0. The molecule has 0 atom stereocenters. The molecule has 3 heterocycles. The van der Waals surface area contributed by atoms with Crippen molar-refractivity contribution in [1.82, 2.24) is 31.9 Å². The van der Waals surface area contributed by atoms with Gasteiger partial charge in [-0.1, -0.05) is 0 Å². The highest BCUT2D eigenvalue weighted by atomic mass is 32.1. The number of thiophene rings is 2. The third-order valence-corrected chi connectivity index (χ3v) is 6.72. The molecule has 0 saturated heterocycles. The fraction of sp³-hybridized carbons (Fsp3) is 0.600. The fourth-order valence-electron chi connectivity index (χ4n) is 3.03. The number of fused-ring (bicyclic) bond motifs is 4. The van der Waals surface area contributed by atoms with Crippen LogP contribution < -0.4 is 31.9 Å². The molecule has 0 fully saturated rings. The quantitative estimate of drug-likeness (QED) is 0.382. The Morgan fingerprint density at radius 3 is 0.929 bits per heavy atom. The van der Waals surface area contributed by atoms with Gasteiger partial charge >= 0.3 is 0 Å². The molecular weight excluding hydrogens is 388 g/mol. The molecule has 4 bridgehead atoms. The Kier molecular flexibility index (Phi) is 10.5. The van der Waals surface area contributed by atoms with Crippen LogP contribution in [0.25, 0.3) is 0 Å². The lowest BCUT2D eigenvalue weighted by atomic mass is 10.4. The highest BCUT2D eigenvalue weighted by Gasteiger charge is 2.02. The molecule has 3 rings (SSSR count). The molecule has 0 unspecified atom stereocenters. The average molecular weight is 423 g/mol. The SMILES string of the molecule is c1cc2sc1CNCCNCCNCc1ccc(s1)CNCCNCCNC2. The van der Waals surface area contributed by atoms with Crippen molar-refractivity contribution in [2.75, 3.05) is 52.4 Å². The lowest BCUT2D eigenvalue weighted by molar-refractivity contribution is 0.583. The third kappa shape index (κ3) is 8.67. The number of rotatable bonds is 0. The zero-order valence-corrected chi connectivity index (χ0v) is 18.2. The molecule has 8 heteroatoms. The molecule has 0 spiro atoms. The molecule has 156 valence electrons. The molecule has 2 aromatic heterocycles. The molecule has 6 N–H and O–H groups in total. The summed E-state index contributed by atoms with van der Waals surface area (Å²) >= 11 is 3.80. The van der Waals surface area contributed by atoms with E-state index in [1.807, 2.05) is 22.7 Å². The van der Waals surface area contributed by atoms with E-state index in [0.29, 0.717) is 0 Å². The van der Waals surface area contributed by atoms with Crippen molar-refractivity contribution in [3.8, 4) is 0 Å². The first kappa shape index (κ1) is 21.9. The lowest BCUT2D eigenvalue weighted by Crippen LogP contribution is -2.32. The summed E-state index contributed by atoms with van der Waals surface area (Å²) in [7, 11) is 0. The monoisotopic (exact) mass is 422 g/mol. The molecule has 0 aromatic carbocycles. The van der Waals surface area contributed by atoms with Gasteiger partial charge in [-0.2, -0.15) is 0 Å². The van der Waals surface area contributed by atoms with E-state index in [0.717, 1.165) is 78.5 Å². The Bertz CT molecular complexity index is 551. The van der Waals surface area contributed by atoms with E-state index in [4.69, 9.17) is 0 Å². The summed E-state index contributed by atoms with van der Waals surface area (Å²) in [4.78, 5) is 5.64. The van der Waals surface area contributed by atoms with Crippen molar-refractivity contribution in [1.29, 1.82) is 0 Å². The lowest BCUT2D eigenvalue weighted by Gasteiger charge is -2.08. The van der Waals surface area contributed by atoms with Crippen molar-refractivity contribution >= 4 is 22.7 Å². The molecule has 0 radical (unpaired) electrons. The second kappa shape index (κ2) is 13.4. The minimum Gasteiger partial charge on any atom is -0.314 e. The zero-order valence-electron chi connectivity index (χ0n) is 16.6. The van der Waals surface area contributed by atoms with E-state index in [1.165, 1.54) is 19.5 Å². The molecule has 1 aliphatic heterocycles. The normalized spacial score (nSPS) is 19.7. The van der Waals surface area contributed by atoms with Gasteiger partial charge in [-0.15, -0.1) is 22.7 Å². The van der Waals surface area contributed by atoms with Crippen LogP contribution in [0.3, 0.4) is 0 Å². The minimum atomic E-state index is 0.958. The second-order valence-electron chi connectivity index (χ2n) is 6.94. The van der Waals surface area contributed by atoms with Crippen molar-refractivity contribution < 1.29 is 0 Å². The molecule has 6 nitrogen and oxygen atoms in total. The predicted octanol–water partition coefficient (Wildman–Crippen LogP) is 1.06. The Balaban J connectivity index is 1.40. The summed E-state index contributed by atoms with van der Waals surface area (Å²) in [5, 5.41) is 21.1. The van der Waals surface area contributed by atoms with E-state index < -0.39 is 0 Å². The molecule has 1 aliphatic rings. The van der Waals surface area contributed by atoms with Gasteiger partial charge in [0, 0.05) is 98.0 Å². The van der Waals surface area contributed by atoms with Crippen molar-refractivity contribution in [2.45, 2.75) is 26.2 Å². The maximum atomic E-state index is 3.52. The molecule has 0 aliphatic carbocycles. The van der Waals surface area contributed by atoms with Gasteiger partial charge in [0.15, 0.2) is 0 Å². The first-order valence-corrected chi connectivity index (χ1v) is 11.9. The van der Waals surface area contributed by atoms with E-state index in [1.54, 1.807) is 0 Å². The number of hydrogen-bond acceptors (Lipinski definition) is 8. The van der Waals surface area contributed by atoms with Crippen LogP contribution in [0.15, 0.2) is 24.3 Å². The predicted molar refractivity (Wildman–Crippen MR) is 121 cm³/mol. The van der Waals surface area contributed by atoms with E-state index in [-0.39, 0.29) is 0 Å². The highest BCUT2D eigenvalue weighted by Crippen LogP contribution is 2.16. The van der Waals surface area contributed by atoms with Gasteiger partial charge in [0.2, 0.25) is 0 Å². The third-order valence-electron chi connectivity index (χ3n) is 4.55. The Morgan fingerprint density at radius 2 is 0.643 bits per heavy atom. The molecule has 2 aromatic rings. The largest absolute Gasteiger partial charge is 0.314 e. The first-order chi connectivity index (χ1) is 13.9. The van der Waals surface area contributed by atoms with E-state index >= 15 is 0 Å². The van der Waals surface area contributed by atoms with E-state index in [9.17, 15) is 0 Å². The topological polar surface area (TPSA) is 72.2 Å². The van der Waals surface area contributed by atoms with Gasteiger partial charge in [0.05, 0.1) is 0 Å². The van der Waals surface area contributed by atoms with Crippen LogP contribution in [0.1, 0.15) is 19.5 Å². The Morgan fingerprint density at radius 1 is 0.393 bits per heavy atom. The second-order valence-corrected chi connectivity index (χ2v) is 9.45. The van der Waals surface area contributed by atoms with Crippen LogP contribution in [0.4, 0.5) is 0 Å². The van der Waals surface area contributed by atoms with Gasteiger partial charge < -0.3 is 31.9 Å². The van der Waals surface area contributed by atoms with Crippen LogP contribution in [-0.4, -0.2) is 52.4 Å². The Labute approximate surface area is 176 Å². The standard InChI is InChI=1S/C20H34N6S2/c1-2-18-14-24-10-6-22-8-12-26-16-20-4-3-19(28-20)15-25-11-7-21-5-9-23-13-17(1)27-18/h1-4,21-26H,5-16H2. The van der Waals surface area contributed by atoms with Crippen molar-refractivity contribution in [2.24, 2.45) is 0 Å². The molecule has 0 saturated carbocycles.